The summed E-state index contributed by atoms with van der Waals surface area (Å²) in [6.45, 7) is 10.9. The number of hydrogen-bond donors (Lipinski definition) is 1. The molecule has 6 heterocycles. The number of nitrogens with zero attached hydrogens (tertiary/aromatic N) is 6. The molecule has 15 heteroatoms. The van der Waals surface area contributed by atoms with Crippen LogP contribution in [-0.2, 0) is 9.47 Å². The van der Waals surface area contributed by atoms with E-state index in [9.17, 15) is 13.2 Å². The van der Waals surface area contributed by atoms with E-state index in [1.54, 1.807) is 6.92 Å². The highest BCUT2D eigenvalue weighted by Gasteiger charge is 2.25. The maximum absolute atomic E-state index is 15.4. The van der Waals surface area contributed by atoms with Gasteiger partial charge < -0.3 is 29.5 Å². The molecule has 3 aromatic heterocycles. The van der Waals surface area contributed by atoms with Gasteiger partial charge in [-0.3, -0.25) is 0 Å². The molecule has 3 aliphatic rings. The van der Waals surface area contributed by atoms with E-state index in [2.05, 4.69) is 31.1 Å². The number of pyridine rings is 3. The second kappa shape index (κ2) is 16.1. The van der Waals surface area contributed by atoms with Gasteiger partial charge in [0.25, 0.3) is 0 Å². The second-order valence-corrected chi connectivity index (χ2v) is 14.0. The Bertz CT molecular complexity index is 2140. The van der Waals surface area contributed by atoms with Crippen molar-refractivity contribution < 1.29 is 27.0 Å². The summed E-state index contributed by atoms with van der Waals surface area (Å²) in [7, 11) is 0. The first kappa shape index (κ1) is 37.2. The van der Waals surface area contributed by atoms with Crippen molar-refractivity contribution in [3.63, 3.8) is 0 Å². The van der Waals surface area contributed by atoms with Crippen LogP contribution >= 0.6 is 23.2 Å². The maximum atomic E-state index is 15.4. The van der Waals surface area contributed by atoms with Crippen LogP contribution in [0.4, 0.5) is 46.3 Å². The van der Waals surface area contributed by atoms with Gasteiger partial charge in [-0.2, -0.15) is 0 Å². The number of piperidine rings is 1. The Hall–Kier alpha value is -4.17. The number of rotatable bonds is 5. The van der Waals surface area contributed by atoms with Gasteiger partial charge in [0.15, 0.2) is 5.82 Å². The van der Waals surface area contributed by atoms with Gasteiger partial charge in [-0.25, -0.2) is 32.5 Å². The lowest BCUT2D eigenvalue weighted by Crippen LogP contribution is -2.38. The van der Waals surface area contributed by atoms with Crippen LogP contribution in [0, 0.1) is 37.1 Å². The van der Waals surface area contributed by atoms with Crippen LogP contribution in [0.5, 0.6) is 0 Å². The molecule has 0 amide bonds. The third kappa shape index (κ3) is 7.89. The van der Waals surface area contributed by atoms with E-state index in [0.717, 1.165) is 85.8 Å². The number of aromatic nitrogens is 3. The fourth-order valence-electron chi connectivity index (χ4n) is 6.99. The standard InChI is InChI=1S/C28H34F2N6O2.C10H5Cl2F2N/c1-19-26(25-22(30)15-20(29)16-23(25)33-27(19)35-5-3-2-4-6-35)32-24-17-21(34-7-11-37-12-8-34)18-31-28(24)36-9-13-38-14-10-36;1-4-9(11)8-6(14)2-5(13)3-7(8)15-10(4)12/h15-18H,2-14H2,1H3,(H,32,33);2-3H,1H3. The van der Waals surface area contributed by atoms with Crippen molar-refractivity contribution in [3.05, 3.63) is 81.1 Å². The minimum absolute atomic E-state index is 0.0972. The summed E-state index contributed by atoms with van der Waals surface area (Å²) in [6.07, 6.45) is 5.23. The lowest BCUT2D eigenvalue weighted by molar-refractivity contribution is 0.122. The highest BCUT2D eigenvalue weighted by Crippen LogP contribution is 2.40. The van der Waals surface area contributed by atoms with E-state index < -0.39 is 23.3 Å². The van der Waals surface area contributed by atoms with Crippen LogP contribution in [-0.4, -0.2) is 80.6 Å². The van der Waals surface area contributed by atoms with Gasteiger partial charge in [0, 0.05) is 74.7 Å². The molecule has 9 nitrogen and oxygen atoms in total. The molecule has 3 aliphatic heterocycles. The Morgan fingerprint density at radius 2 is 1.21 bits per heavy atom. The summed E-state index contributed by atoms with van der Waals surface area (Å²) in [5.41, 5.74) is 4.11. The van der Waals surface area contributed by atoms with Crippen molar-refractivity contribution in [2.24, 2.45) is 0 Å². The monoisotopic (exact) mass is 771 g/mol. The zero-order valence-corrected chi connectivity index (χ0v) is 30.9. The Morgan fingerprint density at radius 1 is 0.642 bits per heavy atom. The third-order valence-corrected chi connectivity index (χ3v) is 10.6. The van der Waals surface area contributed by atoms with E-state index >= 15 is 4.39 Å². The Kier molecular flexibility index (Phi) is 11.3. The van der Waals surface area contributed by atoms with Crippen LogP contribution in [0.15, 0.2) is 36.5 Å². The molecule has 0 saturated carbocycles. The molecule has 0 bridgehead atoms. The van der Waals surface area contributed by atoms with Crippen molar-refractivity contribution in [2.45, 2.75) is 33.1 Å². The van der Waals surface area contributed by atoms with Gasteiger partial charge in [0.05, 0.1) is 76.5 Å². The largest absolute Gasteiger partial charge is 0.378 e. The lowest BCUT2D eigenvalue weighted by Gasteiger charge is -2.33. The number of fused-ring (bicyclic) bond motifs is 2. The summed E-state index contributed by atoms with van der Waals surface area (Å²) in [5.74, 6) is -1.14. The van der Waals surface area contributed by atoms with E-state index in [4.69, 9.17) is 42.6 Å². The Labute approximate surface area is 314 Å². The number of nitrogens with one attached hydrogen (secondary N) is 1. The molecule has 280 valence electrons. The molecule has 1 N–H and O–H groups in total. The summed E-state index contributed by atoms with van der Waals surface area (Å²) in [5, 5.41) is 4.27. The average Bonchev–Trinajstić information content (AvgIpc) is 3.15. The number of anilines is 5. The zero-order chi connectivity index (χ0) is 37.2. The molecular formula is C38H39Cl2F4N7O2. The number of halogens is 6. The van der Waals surface area contributed by atoms with Gasteiger partial charge in [0.1, 0.15) is 34.2 Å². The summed E-state index contributed by atoms with van der Waals surface area (Å²) in [4.78, 5) is 20.2. The quantitative estimate of drug-likeness (QED) is 0.139. The van der Waals surface area contributed by atoms with Crippen molar-refractivity contribution in [2.75, 3.05) is 85.7 Å². The van der Waals surface area contributed by atoms with Crippen molar-refractivity contribution in [3.8, 4) is 0 Å². The van der Waals surface area contributed by atoms with Crippen LogP contribution in [0.1, 0.15) is 30.4 Å². The van der Waals surface area contributed by atoms with E-state index in [1.165, 1.54) is 12.5 Å². The SMILES string of the molecule is Cc1c(Cl)nc2cc(F)cc(F)c2c1Cl.Cc1c(N2CCCCC2)nc2cc(F)cc(F)c2c1Nc1cc(N2CCOCC2)cnc1N1CCOCC1. The number of hydrogen-bond acceptors (Lipinski definition) is 9. The molecule has 0 spiro atoms. The molecule has 3 saturated heterocycles. The van der Waals surface area contributed by atoms with Crippen molar-refractivity contribution in [1.29, 1.82) is 0 Å². The molecule has 2 aromatic carbocycles. The van der Waals surface area contributed by atoms with Gasteiger partial charge in [-0.1, -0.05) is 23.2 Å². The highest BCUT2D eigenvalue weighted by atomic mass is 35.5. The zero-order valence-electron chi connectivity index (χ0n) is 29.4. The molecule has 0 radical (unpaired) electrons. The number of ether oxygens (including phenoxy) is 2. The predicted octanol–water partition coefficient (Wildman–Crippen LogP) is 8.75. The van der Waals surface area contributed by atoms with Gasteiger partial charge in [-0.05, 0) is 39.2 Å². The molecule has 0 atom stereocenters. The van der Waals surface area contributed by atoms with Crippen LogP contribution in [0.2, 0.25) is 10.2 Å². The fourth-order valence-corrected chi connectivity index (χ4v) is 7.50. The van der Waals surface area contributed by atoms with Crippen LogP contribution < -0.4 is 20.0 Å². The van der Waals surface area contributed by atoms with Crippen LogP contribution in [0.25, 0.3) is 21.8 Å². The van der Waals surface area contributed by atoms with Gasteiger partial charge in [-0.15, -0.1) is 0 Å². The Morgan fingerprint density at radius 3 is 1.85 bits per heavy atom. The first-order chi connectivity index (χ1) is 25.6. The first-order valence-corrected chi connectivity index (χ1v) is 18.4. The normalized spacial score (nSPS) is 16.6. The summed E-state index contributed by atoms with van der Waals surface area (Å²) in [6, 6.07) is 6.19. The minimum Gasteiger partial charge on any atom is -0.378 e. The fraction of sp³-hybridized carbons (Fsp3) is 0.395. The first-order valence-electron chi connectivity index (χ1n) is 17.7. The molecule has 5 aromatic rings. The predicted molar refractivity (Wildman–Crippen MR) is 202 cm³/mol. The molecule has 8 rings (SSSR count). The average molecular weight is 773 g/mol. The van der Waals surface area contributed by atoms with E-state index in [1.807, 2.05) is 13.1 Å². The van der Waals surface area contributed by atoms with E-state index in [-0.39, 0.29) is 26.5 Å². The minimum atomic E-state index is -0.734. The molecule has 0 unspecified atom stereocenters. The van der Waals surface area contributed by atoms with Crippen molar-refractivity contribution in [1.82, 2.24) is 15.0 Å². The molecule has 3 fully saturated rings. The van der Waals surface area contributed by atoms with Crippen molar-refractivity contribution >= 4 is 73.7 Å². The number of morpholine rings is 2. The Balaban J connectivity index is 0.000000242. The van der Waals surface area contributed by atoms with Crippen LogP contribution in [0.3, 0.4) is 0 Å². The molecular weight excluding hydrogens is 733 g/mol. The summed E-state index contributed by atoms with van der Waals surface area (Å²) >= 11 is 11.7. The third-order valence-electron chi connectivity index (χ3n) is 9.79. The molecule has 53 heavy (non-hydrogen) atoms. The van der Waals surface area contributed by atoms with Gasteiger partial charge in [0.2, 0.25) is 0 Å². The maximum Gasteiger partial charge on any atom is 0.152 e. The van der Waals surface area contributed by atoms with E-state index in [0.29, 0.717) is 56.3 Å². The second-order valence-electron chi connectivity index (χ2n) is 13.3. The lowest BCUT2D eigenvalue weighted by atomic mass is 10.1. The highest BCUT2D eigenvalue weighted by molar-refractivity contribution is 6.39. The topological polar surface area (TPSA) is 78.9 Å². The molecule has 0 aliphatic carbocycles. The summed E-state index contributed by atoms with van der Waals surface area (Å²) < 4.78 is 67.2. The van der Waals surface area contributed by atoms with Gasteiger partial charge >= 0.3 is 0 Å². The smallest absolute Gasteiger partial charge is 0.152 e. The number of benzene rings is 2.